The molecule has 0 saturated carbocycles. The van der Waals surface area contributed by atoms with Gasteiger partial charge in [0.1, 0.15) is 11.5 Å². The van der Waals surface area contributed by atoms with Gasteiger partial charge in [-0.2, -0.15) is 0 Å². The number of ether oxygens (including phenoxy) is 1. The molecule has 0 fully saturated rings. The fourth-order valence-corrected chi connectivity index (χ4v) is 4.45. The van der Waals surface area contributed by atoms with Crippen molar-refractivity contribution in [1.29, 1.82) is 0 Å². The monoisotopic (exact) mass is 416 g/mol. The highest BCUT2D eigenvalue weighted by Gasteiger charge is 2.29. The number of hydrogen-bond acceptors (Lipinski definition) is 6. The van der Waals surface area contributed by atoms with Crippen molar-refractivity contribution in [2.45, 2.75) is 17.5 Å². The first-order valence-electron chi connectivity index (χ1n) is 9.14. The number of sulfonamides is 1. The Kier molecular flexibility index (Phi) is 6.92. The number of anilines is 1. The number of nitrogens with one attached hydrogen (secondary N) is 1. The molecule has 7 nitrogen and oxygen atoms in total. The molecule has 8 heteroatoms. The quantitative estimate of drug-likeness (QED) is 0.528. The lowest BCUT2D eigenvalue weighted by atomic mass is 10.2. The van der Waals surface area contributed by atoms with Gasteiger partial charge in [-0.05, 0) is 36.4 Å². The lowest BCUT2D eigenvalue weighted by Gasteiger charge is -2.28. The van der Waals surface area contributed by atoms with Crippen molar-refractivity contribution in [3.8, 4) is 5.75 Å². The van der Waals surface area contributed by atoms with Crippen LogP contribution in [0.1, 0.15) is 5.76 Å². The Morgan fingerprint density at radius 3 is 2.48 bits per heavy atom. The van der Waals surface area contributed by atoms with Crippen LogP contribution in [-0.2, 0) is 16.6 Å². The van der Waals surface area contributed by atoms with Crippen LogP contribution < -0.4 is 14.4 Å². The molecule has 0 aliphatic rings. The van der Waals surface area contributed by atoms with E-state index in [2.05, 4.69) is 5.32 Å². The van der Waals surface area contributed by atoms with Crippen LogP contribution in [0.2, 0.25) is 0 Å². The zero-order chi connectivity index (χ0) is 20.7. The van der Waals surface area contributed by atoms with Crippen LogP contribution in [0, 0.1) is 0 Å². The summed E-state index contributed by atoms with van der Waals surface area (Å²) in [6.45, 7) is 0.490. The topological polar surface area (TPSA) is 92.0 Å². The van der Waals surface area contributed by atoms with Gasteiger partial charge in [-0.3, -0.25) is 4.31 Å². The van der Waals surface area contributed by atoms with Gasteiger partial charge in [0, 0.05) is 6.54 Å². The van der Waals surface area contributed by atoms with Crippen LogP contribution in [0.15, 0.2) is 82.3 Å². The third-order valence-corrected chi connectivity index (χ3v) is 6.11. The minimum absolute atomic E-state index is 0.136. The molecule has 1 heterocycles. The second-order valence-electron chi connectivity index (χ2n) is 6.39. The van der Waals surface area contributed by atoms with Gasteiger partial charge in [0.15, 0.2) is 0 Å². The van der Waals surface area contributed by atoms with E-state index >= 15 is 0 Å². The zero-order valence-electron chi connectivity index (χ0n) is 16.1. The van der Waals surface area contributed by atoms with E-state index in [0.717, 1.165) is 5.76 Å². The zero-order valence-corrected chi connectivity index (χ0v) is 16.9. The normalized spacial score (nSPS) is 12.5. The maximum atomic E-state index is 13.3. The molecule has 0 saturated heterocycles. The molecule has 1 atom stereocenters. The van der Waals surface area contributed by atoms with Crippen LogP contribution in [0.3, 0.4) is 0 Å². The maximum Gasteiger partial charge on any atom is 0.264 e. The fourth-order valence-electron chi connectivity index (χ4n) is 2.91. The van der Waals surface area contributed by atoms with Crippen LogP contribution >= 0.6 is 0 Å². The highest BCUT2D eigenvalue weighted by atomic mass is 32.2. The lowest BCUT2D eigenvalue weighted by molar-refractivity contribution is 0.179. The van der Waals surface area contributed by atoms with Crippen LogP contribution in [-0.4, -0.2) is 39.8 Å². The average Bonchev–Trinajstić information content (AvgIpc) is 3.26. The molecule has 154 valence electrons. The number of aliphatic hydroxyl groups excluding tert-OH is 1. The first-order valence-corrected chi connectivity index (χ1v) is 10.6. The Balaban J connectivity index is 1.83. The molecule has 2 aromatic carbocycles. The standard InChI is InChI=1S/C21H24N2O5S/c1-27-21-12-6-5-11-20(21)23(29(25,26)19-9-3-2-4-10-19)16-17(24)14-22-15-18-8-7-13-28-18/h2-13,17,22,24H,14-16H2,1H3/t17-/m1/s1. The Hall–Kier alpha value is -2.81. The molecular formula is C21H24N2O5S. The van der Waals surface area contributed by atoms with Crippen molar-refractivity contribution in [2.75, 3.05) is 24.5 Å². The third kappa shape index (κ3) is 5.17. The van der Waals surface area contributed by atoms with Crippen molar-refractivity contribution in [2.24, 2.45) is 0 Å². The number of aliphatic hydroxyl groups is 1. The summed E-state index contributed by atoms with van der Waals surface area (Å²) < 4.78 is 38.4. The minimum atomic E-state index is -3.90. The molecule has 0 unspecified atom stereocenters. The second kappa shape index (κ2) is 9.60. The first-order chi connectivity index (χ1) is 14.0. The summed E-state index contributed by atoms with van der Waals surface area (Å²) in [6, 6.07) is 18.6. The van der Waals surface area contributed by atoms with E-state index in [4.69, 9.17) is 9.15 Å². The summed E-state index contributed by atoms with van der Waals surface area (Å²) in [5.74, 6) is 1.14. The van der Waals surface area contributed by atoms with Crippen LogP contribution in [0.4, 0.5) is 5.69 Å². The van der Waals surface area contributed by atoms with Gasteiger partial charge in [-0.15, -0.1) is 0 Å². The van der Waals surface area contributed by atoms with E-state index in [9.17, 15) is 13.5 Å². The van der Waals surface area contributed by atoms with Gasteiger partial charge in [-0.25, -0.2) is 8.42 Å². The van der Waals surface area contributed by atoms with E-state index in [1.807, 2.05) is 6.07 Å². The molecule has 0 bridgehead atoms. The molecule has 0 aliphatic heterocycles. The van der Waals surface area contributed by atoms with Gasteiger partial charge in [0.2, 0.25) is 0 Å². The Bertz CT molecular complexity index is 991. The molecule has 1 aromatic heterocycles. The summed E-state index contributed by atoms with van der Waals surface area (Å²) >= 11 is 0. The van der Waals surface area contributed by atoms with E-state index < -0.39 is 16.1 Å². The highest BCUT2D eigenvalue weighted by molar-refractivity contribution is 7.92. The van der Waals surface area contributed by atoms with Crippen LogP contribution in [0.25, 0.3) is 0 Å². The number of para-hydroxylation sites is 2. The molecule has 29 heavy (non-hydrogen) atoms. The minimum Gasteiger partial charge on any atom is -0.495 e. The van der Waals surface area contributed by atoms with Gasteiger partial charge < -0.3 is 19.6 Å². The number of nitrogens with zero attached hydrogens (tertiary/aromatic N) is 1. The summed E-state index contributed by atoms with van der Waals surface area (Å²) in [4.78, 5) is 0.140. The van der Waals surface area contributed by atoms with Crippen molar-refractivity contribution in [3.63, 3.8) is 0 Å². The number of methoxy groups -OCH3 is 1. The van der Waals surface area contributed by atoms with Gasteiger partial charge in [-0.1, -0.05) is 30.3 Å². The van der Waals surface area contributed by atoms with Crippen molar-refractivity contribution < 1.29 is 22.7 Å². The van der Waals surface area contributed by atoms with E-state index in [1.165, 1.54) is 23.5 Å². The lowest BCUT2D eigenvalue weighted by Crippen LogP contribution is -2.41. The van der Waals surface area contributed by atoms with E-state index in [0.29, 0.717) is 18.0 Å². The highest BCUT2D eigenvalue weighted by Crippen LogP contribution is 2.32. The Morgan fingerprint density at radius 2 is 1.79 bits per heavy atom. The molecule has 0 amide bonds. The van der Waals surface area contributed by atoms with Crippen molar-refractivity contribution in [3.05, 3.63) is 78.8 Å². The van der Waals surface area contributed by atoms with Crippen molar-refractivity contribution in [1.82, 2.24) is 5.32 Å². The number of rotatable bonds is 10. The maximum absolute atomic E-state index is 13.3. The van der Waals surface area contributed by atoms with Gasteiger partial charge >= 0.3 is 0 Å². The third-order valence-electron chi connectivity index (χ3n) is 4.32. The fraction of sp³-hybridized carbons (Fsp3) is 0.238. The van der Waals surface area contributed by atoms with E-state index in [1.54, 1.807) is 54.8 Å². The summed E-state index contributed by atoms with van der Waals surface area (Å²) in [6.07, 6.45) is 0.622. The summed E-state index contributed by atoms with van der Waals surface area (Å²) in [7, 11) is -2.42. The molecular weight excluding hydrogens is 392 g/mol. The molecule has 0 spiro atoms. The van der Waals surface area contributed by atoms with Crippen molar-refractivity contribution >= 4 is 15.7 Å². The SMILES string of the molecule is COc1ccccc1N(C[C@H](O)CNCc1ccco1)S(=O)(=O)c1ccccc1. The van der Waals surface area contributed by atoms with Gasteiger partial charge in [0.05, 0.1) is 43.1 Å². The molecule has 0 radical (unpaired) electrons. The predicted molar refractivity (Wildman–Crippen MR) is 110 cm³/mol. The molecule has 2 N–H and O–H groups in total. The number of hydrogen-bond donors (Lipinski definition) is 2. The molecule has 3 aromatic rings. The van der Waals surface area contributed by atoms with Crippen LogP contribution in [0.5, 0.6) is 5.75 Å². The number of benzene rings is 2. The van der Waals surface area contributed by atoms with E-state index in [-0.39, 0.29) is 18.0 Å². The second-order valence-corrected chi connectivity index (χ2v) is 8.25. The summed E-state index contributed by atoms with van der Waals surface area (Å²) in [5, 5.41) is 13.6. The first kappa shape index (κ1) is 20.9. The smallest absolute Gasteiger partial charge is 0.264 e. The average molecular weight is 416 g/mol. The Morgan fingerprint density at radius 1 is 1.07 bits per heavy atom. The molecule has 3 rings (SSSR count). The largest absolute Gasteiger partial charge is 0.495 e. The summed E-state index contributed by atoms with van der Waals surface area (Å²) in [5.41, 5.74) is 0.365. The van der Waals surface area contributed by atoms with Gasteiger partial charge in [0.25, 0.3) is 10.0 Å². The molecule has 0 aliphatic carbocycles. The number of furan rings is 1. The predicted octanol–water partition coefficient (Wildman–Crippen LogP) is 2.63. The Labute approximate surface area is 170 Å².